The van der Waals surface area contributed by atoms with Crippen LogP contribution in [0, 0.1) is 0 Å². The first kappa shape index (κ1) is 17.2. The van der Waals surface area contributed by atoms with Crippen molar-refractivity contribution in [1.82, 2.24) is 0 Å². The summed E-state index contributed by atoms with van der Waals surface area (Å²) >= 11 is 6.94. The third-order valence-corrected chi connectivity index (χ3v) is 4.82. The monoisotopic (exact) mass is 342 g/mol. The van der Waals surface area contributed by atoms with Crippen LogP contribution >= 0.6 is 23.4 Å². The van der Waals surface area contributed by atoms with E-state index in [1.54, 1.807) is 25.1 Å². The Morgan fingerprint density at radius 1 is 1.27 bits per heavy atom. The molecule has 4 nitrogen and oxygen atoms in total. The maximum atomic E-state index is 12.4. The van der Waals surface area contributed by atoms with Gasteiger partial charge in [-0.25, -0.2) is 9.59 Å². The highest BCUT2D eigenvalue weighted by molar-refractivity contribution is 8.13. The van der Waals surface area contributed by atoms with Crippen molar-refractivity contribution >= 4 is 34.6 Å². The van der Waals surface area contributed by atoms with E-state index in [0.717, 1.165) is 37.4 Å². The zero-order valence-corrected chi connectivity index (χ0v) is 14.0. The number of ether oxygens (including phenoxy) is 2. The Balaban J connectivity index is 2.13. The van der Waals surface area contributed by atoms with Gasteiger partial charge in [-0.15, -0.1) is 0 Å². The summed E-state index contributed by atoms with van der Waals surface area (Å²) in [5, 5.41) is -0.140. The maximum absolute atomic E-state index is 12.4. The molecule has 0 aromatic heterocycles. The van der Waals surface area contributed by atoms with Gasteiger partial charge in [0, 0.05) is 0 Å². The van der Waals surface area contributed by atoms with Crippen molar-refractivity contribution < 1.29 is 19.1 Å². The average Bonchev–Trinajstić information content (AvgIpc) is 2.50. The largest absolute Gasteiger partial charge is 0.459 e. The second kappa shape index (κ2) is 8.44. The van der Waals surface area contributed by atoms with Crippen LogP contribution in [0.1, 0.15) is 49.4 Å². The van der Waals surface area contributed by atoms with Crippen LogP contribution in [0.25, 0.3) is 0 Å². The number of hydrogen-bond acceptors (Lipinski definition) is 5. The molecule has 120 valence electrons. The van der Waals surface area contributed by atoms with Gasteiger partial charge in [-0.05, 0) is 56.5 Å². The summed E-state index contributed by atoms with van der Waals surface area (Å²) in [6, 6.07) is 4.94. The molecule has 0 radical (unpaired) electrons. The van der Waals surface area contributed by atoms with Crippen LogP contribution in [0.2, 0.25) is 5.02 Å². The predicted molar refractivity (Wildman–Crippen MR) is 86.6 cm³/mol. The number of thioether (sulfide) groups is 1. The topological polar surface area (TPSA) is 52.6 Å². The lowest BCUT2D eigenvalue weighted by molar-refractivity contribution is 0.0207. The number of benzene rings is 1. The summed E-state index contributed by atoms with van der Waals surface area (Å²) in [4.78, 5) is 24.4. The van der Waals surface area contributed by atoms with E-state index in [-0.39, 0.29) is 12.7 Å². The van der Waals surface area contributed by atoms with Crippen LogP contribution in [-0.2, 0) is 9.47 Å². The SMILES string of the molecule is CCOC(=O)Sc1c(Cl)cccc1C(=O)OC1CCCCC1. The molecule has 0 aliphatic heterocycles. The van der Waals surface area contributed by atoms with E-state index in [4.69, 9.17) is 21.1 Å². The van der Waals surface area contributed by atoms with Crippen LogP contribution in [0.15, 0.2) is 23.1 Å². The molecule has 22 heavy (non-hydrogen) atoms. The Bertz CT molecular complexity index is 541. The summed E-state index contributed by atoms with van der Waals surface area (Å²) in [7, 11) is 0. The quantitative estimate of drug-likeness (QED) is 0.564. The van der Waals surface area contributed by atoms with E-state index in [9.17, 15) is 9.59 Å². The average molecular weight is 343 g/mol. The van der Waals surface area contributed by atoms with Gasteiger partial charge in [-0.3, -0.25) is 0 Å². The summed E-state index contributed by atoms with van der Waals surface area (Å²) in [6.07, 6.45) is 5.10. The van der Waals surface area contributed by atoms with Crippen molar-refractivity contribution in [3.63, 3.8) is 0 Å². The predicted octanol–water partition coefficient (Wildman–Crippen LogP) is 5.08. The standard InChI is InChI=1S/C16H19ClO4S/c1-2-20-16(19)22-14-12(9-6-10-13(14)17)15(18)21-11-7-4-3-5-8-11/h6,9-11H,2-5,7-8H2,1H3. The molecule has 0 N–H and O–H groups in total. The Labute approximate surface area is 139 Å². The summed E-state index contributed by atoms with van der Waals surface area (Å²) in [6.45, 7) is 2.00. The van der Waals surface area contributed by atoms with Crippen LogP contribution in [-0.4, -0.2) is 24.0 Å². The van der Waals surface area contributed by atoms with Crippen molar-refractivity contribution in [3.05, 3.63) is 28.8 Å². The van der Waals surface area contributed by atoms with Gasteiger partial charge in [-0.1, -0.05) is 24.1 Å². The molecule has 0 heterocycles. The smallest absolute Gasteiger partial charge is 0.372 e. The molecular formula is C16H19ClO4S. The van der Waals surface area contributed by atoms with Gasteiger partial charge in [0.25, 0.3) is 0 Å². The fraction of sp³-hybridized carbons (Fsp3) is 0.500. The van der Waals surface area contributed by atoms with Crippen molar-refractivity contribution in [2.75, 3.05) is 6.61 Å². The van der Waals surface area contributed by atoms with Crippen LogP contribution in [0.4, 0.5) is 4.79 Å². The maximum Gasteiger partial charge on any atom is 0.372 e. The molecule has 0 spiro atoms. The molecule has 2 rings (SSSR count). The third kappa shape index (κ3) is 4.65. The fourth-order valence-corrected chi connectivity index (χ4v) is 3.46. The van der Waals surface area contributed by atoms with Crippen LogP contribution < -0.4 is 0 Å². The number of hydrogen-bond donors (Lipinski definition) is 0. The third-order valence-electron chi connectivity index (χ3n) is 3.46. The van der Waals surface area contributed by atoms with Gasteiger partial charge in [0.2, 0.25) is 0 Å². The second-order valence-corrected chi connectivity index (χ2v) is 6.42. The Hall–Kier alpha value is -1.20. The molecule has 0 unspecified atom stereocenters. The number of esters is 1. The first-order chi connectivity index (χ1) is 10.6. The highest BCUT2D eigenvalue weighted by Crippen LogP contribution is 2.33. The van der Waals surface area contributed by atoms with E-state index in [2.05, 4.69) is 0 Å². The number of carbonyl (C=O) groups excluding carboxylic acids is 2. The zero-order chi connectivity index (χ0) is 15.9. The molecular weight excluding hydrogens is 324 g/mol. The van der Waals surface area contributed by atoms with Crippen LogP contribution in [0.3, 0.4) is 0 Å². The van der Waals surface area contributed by atoms with E-state index >= 15 is 0 Å². The molecule has 1 aliphatic carbocycles. The van der Waals surface area contributed by atoms with Gasteiger partial charge in [0.05, 0.1) is 22.1 Å². The van der Waals surface area contributed by atoms with Crippen molar-refractivity contribution in [3.8, 4) is 0 Å². The first-order valence-electron chi connectivity index (χ1n) is 7.46. The lowest BCUT2D eigenvalue weighted by atomic mass is 9.98. The Morgan fingerprint density at radius 2 is 2.00 bits per heavy atom. The molecule has 0 saturated heterocycles. The summed E-state index contributed by atoms with van der Waals surface area (Å²) < 4.78 is 10.5. The molecule has 0 bridgehead atoms. The minimum Gasteiger partial charge on any atom is -0.459 e. The number of halogens is 1. The molecule has 1 fully saturated rings. The zero-order valence-electron chi connectivity index (χ0n) is 12.5. The van der Waals surface area contributed by atoms with Crippen molar-refractivity contribution in [1.29, 1.82) is 0 Å². The lowest BCUT2D eigenvalue weighted by Gasteiger charge is -2.22. The molecule has 0 amide bonds. The molecule has 1 aliphatic rings. The van der Waals surface area contributed by atoms with Crippen LogP contribution in [0.5, 0.6) is 0 Å². The Kier molecular flexibility index (Phi) is 6.58. The normalized spacial score (nSPS) is 15.4. The van der Waals surface area contributed by atoms with Gasteiger partial charge in [-0.2, -0.15) is 0 Å². The minimum absolute atomic E-state index is 0.0410. The summed E-state index contributed by atoms with van der Waals surface area (Å²) in [5.41, 5.74) is 0.316. The van der Waals surface area contributed by atoms with Crippen molar-refractivity contribution in [2.24, 2.45) is 0 Å². The van der Waals surface area contributed by atoms with E-state index in [1.807, 2.05) is 0 Å². The minimum atomic E-state index is -0.484. The van der Waals surface area contributed by atoms with E-state index in [0.29, 0.717) is 15.5 Å². The van der Waals surface area contributed by atoms with Crippen molar-refractivity contribution in [2.45, 2.75) is 50.0 Å². The molecule has 6 heteroatoms. The van der Waals surface area contributed by atoms with Gasteiger partial charge in [0.15, 0.2) is 0 Å². The number of rotatable bonds is 4. The highest BCUT2D eigenvalue weighted by Gasteiger charge is 2.23. The molecule has 1 saturated carbocycles. The second-order valence-electron chi connectivity index (χ2n) is 5.07. The molecule has 0 atom stereocenters. The molecule has 1 aromatic rings. The Morgan fingerprint density at radius 3 is 2.68 bits per heavy atom. The number of carbonyl (C=O) groups is 2. The van der Waals surface area contributed by atoms with Gasteiger partial charge < -0.3 is 9.47 Å². The summed E-state index contributed by atoms with van der Waals surface area (Å²) in [5.74, 6) is -0.429. The molecule has 1 aromatic carbocycles. The van der Waals surface area contributed by atoms with Gasteiger partial charge in [0.1, 0.15) is 6.10 Å². The fourth-order valence-electron chi connectivity index (χ4n) is 2.40. The first-order valence-corrected chi connectivity index (χ1v) is 8.65. The van der Waals surface area contributed by atoms with E-state index < -0.39 is 11.3 Å². The highest BCUT2D eigenvalue weighted by atomic mass is 35.5. The van der Waals surface area contributed by atoms with Gasteiger partial charge >= 0.3 is 11.3 Å². The van der Waals surface area contributed by atoms with E-state index in [1.165, 1.54) is 6.42 Å². The lowest BCUT2D eigenvalue weighted by Crippen LogP contribution is -2.21.